The number of hydrogen-bond donors (Lipinski definition) is 2. The van der Waals surface area contributed by atoms with Crippen LogP contribution in [0.4, 0.5) is 0 Å². The third kappa shape index (κ3) is 6.73. The Balaban J connectivity index is 4.28. The van der Waals surface area contributed by atoms with Crippen LogP contribution >= 0.6 is 0 Å². The second-order valence-corrected chi connectivity index (χ2v) is 6.05. The predicted molar refractivity (Wildman–Crippen MR) is 82.4 cm³/mol. The minimum Gasteiger partial charge on any atom is -0.311 e. The molecule has 0 spiro atoms. The number of nitrogens with zero attached hydrogens (tertiary/aromatic N) is 2. The quantitative estimate of drug-likeness (QED) is 0.473. The summed E-state index contributed by atoms with van der Waals surface area (Å²) in [6.45, 7) is 10.9. The van der Waals surface area contributed by atoms with Gasteiger partial charge in [0, 0.05) is 19.1 Å². The highest BCUT2D eigenvalue weighted by molar-refractivity contribution is 5.04. The van der Waals surface area contributed by atoms with Crippen LogP contribution in [0.2, 0.25) is 0 Å². The standard InChI is InChI=1S/C14H26N4O2/c1-7-13(12(4)18-20)16-9-14(5,6)8-15-10(2)11(3)17-19/h1,10-13,15-16H,8-9H2,2-6H3. The van der Waals surface area contributed by atoms with Gasteiger partial charge in [-0.3, -0.25) is 0 Å². The molecule has 0 aromatic rings. The van der Waals surface area contributed by atoms with E-state index in [2.05, 4.69) is 40.8 Å². The van der Waals surface area contributed by atoms with Crippen LogP contribution in [0, 0.1) is 27.6 Å². The molecule has 0 aliphatic heterocycles. The van der Waals surface area contributed by atoms with E-state index in [0.717, 1.165) is 0 Å². The van der Waals surface area contributed by atoms with E-state index in [9.17, 15) is 9.81 Å². The van der Waals surface area contributed by atoms with Crippen LogP contribution in [0.1, 0.15) is 34.6 Å². The second-order valence-electron chi connectivity index (χ2n) is 6.05. The topological polar surface area (TPSA) is 82.9 Å². The number of nitroso groups, excluding NO2 is 2. The van der Waals surface area contributed by atoms with Gasteiger partial charge in [-0.2, -0.15) is 9.81 Å². The maximum Gasteiger partial charge on any atom is 0.116 e. The molecule has 0 fully saturated rings. The number of terminal acetylenes is 1. The summed E-state index contributed by atoms with van der Waals surface area (Å²) in [6.07, 6.45) is 5.38. The smallest absolute Gasteiger partial charge is 0.116 e. The first-order valence-electron chi connectivity index (χ1n) is 6.85. The van der Waals surface area contributed by atoms with Gasteiger partial charge in [-0.1, -0.05) is 30.1 Å². The van der Waals surface area contributed by atoms with Crippen molar-refractivity contribution in [3.8, 4) is 12.3 Å². The summed E-state index contributed by atoms with van der Waals surface area (Å²) in [4.78, 5) is 21.0. The summed E-state index contributed by atoms with van der Waals surface area (Å²) >= 11 is 0. The van der Waals surface area contributed by atoms with Crippen molar-refractivity contribution in [1.82, 2.24) is 10.6 Å². The molecule has 2 N–H and O–H groups in total. The fourth-order valence-electron chi connectivity index (χ4n) is 1.58. The third-order valence-electron chi connectivity index (χ3n) is 3.42. The van der Waals surface area contributed by atoms with Gasteiger partial charge in [-0.25, -0.2) is 0 Å². The van der Waals surface area contributed by atoms with Crippen LogP contribution in [0.5, 0.6) is 0 Å². The maximum atomic E-state index is 10.5. The highest BCUT2D eigenvalue weighted by atomic mass is 16.3. The van der Waals surface area contributed by atoms with Gasteiger partial charge in [0.15, 0.2) is 0 Å². The lowest BCUT2D eigenvalue weighted by Crippen LogP contribution is -2.47. The Morgan fingerprint density at radius 1 is 1.05 bits per heavy atom. The van der Waals surface area contributed by atoms with E-state index in [-0.39, 0.29) is 23.5 Å². The van der Waals surface area contributed by atoms with Crippen molar-refractivity contribution in [2.24, 2.45) is 15.8 Å². The van der Waals surface area contributed by atoms with Gasteiger partial charge in [0.1, 0.15) is 12.1 Å². The Morgan fingerprint density at radius 3 is 2.00 bits per heavy atom. The summed E-state index contributed by atoms with van der Waals surface area (Å²) in [5, 5.41) is 12.4. The van der Waals surface area contributed by atoms with Crippen LogP contribution < -0.4 is 10.6 Å². The molecule has 0 aromatic carbocycles. The van der Waals surface area contributed by atoms with Crippen molar-refractivity contribution in [3.05, 3.63) is 9.81 Å². The second kappa shape index (κ2) is 8.77. The zero-order chi connectivity index (χ0) is 15.8. The van der Waals surface area contributed by atoms with E-state index in [1.807, 2.05) is 6.92 Å². The summed E-state index contributed by atoms with van der Waals surface area (Å²) in [6, 6.07) is -1.07. The molecule has 0 aromatic heterocycles. The van der Waals surface area contributed by atoms with Gasteiger partial charge in [0.2, 0.25) is 0 Å². The molecule has 0 bridgehead atoms. The molecule has 0 aliphatic rings. The first-order valence-corrected chi connectivity index (χ1v) is 6.85. The Kier molecular flexibility index (Phi) is 8.19. The zero-order valence-electron chi connectivity index (χ0n) is 13.0. The Bertz CT molecular complexity index is 352. The van der Waals surface area contributed by atoms with Crippen molar-refractivity contribution < 1.29 is 0 Å². The van der Waals surface area contributed by atoms with E-state index >= 15 is 0 Å². The average Bonchev–Trinajstić information content (AvgIpc) is 2.43. The molecular formula is C14H26N4O2. The molecule has 0 amide bonds. The van der Waals surface area contributed by atoms with Crippen molar-refractivity contribution >= 4 is 0 Å². The van der Waals surface area contributed by atoms with Crippen LogP contribution in [0.15, 0.2) is 10.4 Å². The monoisotopic (exact) mass is 282 g/mol. The van der Waals surface area contributed by atoms with E-state index in [0.29, 0.717) is 13.1 Å². The van der Waals surface area contributed by atoms with Gasteiger partial charge < -0.3 is 10.6 Å². The number of hydrogen-bond acceptors (Lipinski definition) is 6. The summed E-state index contributed by atoms with van der Waals surface area (Å²) in [5.74, 6) is 2.54. The van der Waals surface area contributed by atoms with E-state index < -0.39 is 6.04 Å². The SMILES string of the molecule is C#CC(NCC(C)(C)CNC(C)C(C)N=O)C(C)N=O. The molecule has 0 heterocycles. The largest absolute Gasteiger partial charge is 0.311 e. The van der Waals surface area contributed by atoms with Crippen molar-refractivity contribution in [3.63, 3.8) is 0 Å². The average molecular weight is 282 g/mol. The molecule has 0 rings (SSSR count). The highest BCUT2D eigenvalue weighted by Crippen LogP contribution is 2.14. The Labute approximate surface area is 121 Å². The van der Waals surface area contributed by atoms with Gasteiger partial charge in [-0.05, 0) is 26.2 Å². The van der Waals surface area contributed by atoms with E-state index in [1.54, 1.807) is 13.8 Å². The van der Waals surface area contributed by atoms with Gasteiger partial charge >= 0.3 is 0 Å². The van der Waals surface area contributed by atoms with Crippen molar-refractivity contribution in [1.29, 1.82) is 0 Å². The Morgan fingerprint density at radius 2 is 1.55 bits per heavy atom. The molecule has 20 heavy (non-hydrogen) atoms. The van der Waals surface area contributed by atoms with Crippen LogP contribution in [0.25, 0.3) is 0 Å². The fourth-order valence-corrected chi connectivity index (χ4v) is 1.58. The van der Waals surface area contributed by atoms with Crippen molar-refractivity contribution in [2.45, 2.75) is 58.8 Å². The van der Waals surface area contributed by atoms with Crippen LogP contribution in [-0.4, -0.2) is 37.3 Å². The molecule has 0 radical (unpaired) electrons. The molecule has 4 unspecified atom stereocenters. The molecule has 0 saturated heterocycles. The Hall–Kier alpha value is -1.32. The fraction of sp³-hybridized carbons (Fsp3) is 0.857. The summed E-state index contributed by atoms with van der Waals surface area (Å²) in [7, 11) is 0. The molecule has 0 aliphatic carbocycles. The van der Waals surface area contributed by atoms with Crippen LogP contribution in [0.3, 0.4) is 0 Å². The first-order chi connectivity index (χ1) is 9.27. The first kappa shape index (κ1) is 18.7. The number of nitrogens with one attached hydrogen (secondary N) is 2. The lowest BCUT2D eigenvalue weighted by atomic mass is 9.92. The molecule has 6 nitrogen and oxygen atoms in total. The summed E-state index contributed by atoms with van der Waals surface area (Å²) in [5.41, 5.74) is -0.0748. The lowest BCUT2D eigenvalue weighted by molar-refractivity contribution is 0.289. The maximum absolute atomic E-state index is 10.5. The van der Waals surface area contributed by atoms with Crippen molar-refractivity contribution in [2.75, 3.05) is 13.1 Å². The molecule has 6 heteroatoms. The molecular weight excluding hydrogens is 256 g/mol. The minimum absolute atomic E-state index is 0.0192. The van der Waals surface area contributed by atoms with E-state index in [4.69, 9.17) is 6.42 Å². The third-order valence-corrected chi connectivity index (χ3v) is 3.42. The molecule has 0 saturated carbocycles. The highest BCUT2D eigenvalue weighted by Gasteiger charge is 2.23. The van der Waals surface area contributed by atoms with E-state index in [1.165, 1.54) is 0 Å². The number of rotatable bonds is 10. The molecule has 4 atom stereocenters. The molecule has 114 valence electrons. The van der Waals surface area contributed by atoms with Gasteiger partial charge in [0.05, 0.1) is 6.04 Å². The van der Waals surface area contributed by atoms with Gasteiger partial charge in [-0.15, -0.1) is 6.42 Å². The lowest BCUT2D eigenvalue weighted by Gasteiger charge is -2.29. The zero-order valence-corrected chi connectivity index (χ0v) is 13.0. The summed E-state index contributed by atoms with van der Waals surface area (Å²) < 4.78 is 0. The minimum atomic E-state index is -0.457. The van der Waals surface area contributed by atoms with Gasteiger partial charge in [0.25, 0.3) is 0 Å². The predicted octanol–water partition coefficient (Wildman–Crippen LogP) is 1.89. The van der Waals surface area contributed by atoms with Crippen LogP contribution in [-0.2, 0) is 0 Å². The normalized spacial score (nSPS) is 17.6.